The molecule has 0 saturated heterocycles. The molecule has 1 aliphatic rings. The first-order valence-corrected chi connectivity index (χ1v) is 11.6. The van der Waals surface area contributed by atoms with Crippen LogP contribution in [0.25, 0.3) is 5.70 Å². The van der Waals surface area contributed by atoms with Gasteiger partial charge in [0.05, 0.1) is 17.6 Å². The topological polar surface area (TPSA) is 107 Å². The number of hydrogen-bond donors (Lipinski definition) is 1. The number of ether oxygens (including phenoxy) is 2. The molecule has 0 spiro atoms. The Balaban J connectivity index is 1.68. The van der Waals surface area contributed by atoms with E-state index in [0.29, 0.717) is 17.3 Å². The summed E-state index contributed by atoms with van der Waals surface area (Å²) in [5, 5.41) is 11.0. The highest BCUT2D eigenvalue weighted by atomic mass is 35.5. The zero-order valence-corrected chi connectivity index (χ0v) is 20.1. The van der Waals surface area contributed by atoms with E-state index in [2.05, 4.69) is 15.5 Å². The van der Waals surface area contributed by atoms with E-state index in [-0.39, 0.29) is 29.8 Å². The first-order chi connectivity index (χ1) is 15.6. The molecule has 1 aromatic carbocycles. The van der Waals surface area contributed by atoms with Gasteiger partial charge in [-0.25, -0.2) is 9.18 Å². The summed E-state index contributed by atoms with van der Waals surface area (Å²) in [6.07, 6.45) is 3.33. The van der Waals surface area contributed by atoms with E-state index in [1.807, 2.05) is 0 Å². The molecule has 12 heteroatoms. The predicted octanol–water partition coefficient (Wildman–Crippen LogP) is 4.13. The van der Waals surface area contributed by atoms with E-state index in [4.69, 9.17) is 25.5 Å². The summed E-state index contributed by atoms with van der Waals surface area (Å²) >= 11 is 6.93. The van der Waals surface area contributed by atoms with Crippen LogP contribution in [0.4, 0.5) is 9.18 Å². The molecule has 1 atom stereocenters. The molecule has 0 unspecified atom stereocenters. The van der Waals surface area contributed by atoms with Crippen LogP contribution in [0.5, 0.6) is 5.75 Å². The Morgan fingerprint density at radius 1 is 1.36 bits per heavy atom. The maximum atomic E-state index is 13.5. The highest BCUT2D eigenvalue weighted by molar-refractivity contribution is 7.98. The lowest BCUT2D eigenvalue weighted by Crippen LogP contribution is -2.49. The number of hydrogen-bond acceptors (Lipinski definition) is 8. The standard InChI is InChI=1S/C21H24ClFN4O5S/c1-21(2,3)32-20(29)27-10-12(5-8-16(27)18-25-26-19(31-18)33-4)24-17(28)11-30-13-6-7-14(22)15(23)9-13/h6-9,12H,5,10-11H2,1-4H3,(H,24,28)/t12-/m0/s1. The Kier molecular flexibility index (Phi) is 7.85. The smallest absolute Gasteiger partial charge is 0.415 e. The third kappa shape index (κ3) is 6.84. The molecule has 0 fully saturated rings. The summed E-state index contributed by atoms with van der Waals surface area (Å²) in [6.45, 7) is 5.06. The Labute approximate surface area is 199 Å². The monoisotopic (exact) mass is 498 g/mol. The van der Waals surface area contributed by atoms with Crippen molar-refractivity contribution in [3.8, 4) is 5.75 Å². The van der Waals surface area contributed by atoms with Crippen molar-refractivity contribution in [3.05, 3.63) is 41.0 Å². The zero-order chi connectivity index (χ0) is 24.2. The quantitative estimate of drug-likeness (QED) is 0.592. The molecule has 2 aromatic rings. The Morgan fingerprint density at radius 3 is 2.76 bits per heavy atom. The van der Waals surface area contributed by atoms with Crippen LogP contribution in [0.15, 0.2) is 33.9 Å². The van der Waals surface area contributed by atoms with Crippen LogP contribution in [0.3, 0.4) is 0 Å². The molecule has 1 aliphatic heterocycles. The van der Waals surface area contributed by atoms with Gasteiger partial charge < -0.3 is 19.2 Å². The second-order valence-corrected chi connectivity index (χ2v) is 9.29. The molecule has 1 aromatic heterocycles. The molecule has 2 heterocycles. The van der Waals surface area contributed by atoms with Gasteiger partial charge >= 0.3 is 6.09 Å². The van der Waals surface area contributed by atoms with Gasteiger partial charge in [0.1, 0.15) is 22.9 Å². The lowest BCUT2D eigenvalue weighted by atomic mass is 10.1. The van der Waals surface area contributed by atoms with E-state index < -0.39 is 29.5 Å². The molecule has 3 rings (SSSR count). The average molecular weight is 499 g/mol. The van der Waals surface area contributed by atoms with E-state index >= 15 is 0 Å². The van der Waals surface area contributed by atoms with Crippen molar-refractivity contribution >= 4 is 41.1 Å². The van der Waals surface area contributed by atoms with Crippen LogP contribution in [0, 0.1) is 5.82 Å². The SMILES string of the molecule is CSc1nnc(C2=CC[C@H](NC(=O)COc3ccc(Cl)c(F)c3)CN2C(=O)OC(C)(C)C)o1. The van der Waals surface area contributed by atoms with Crippen molar-refractivity contribution in [2.45, 2.75) is 44.1 Å². The number of thioether (sulfide) groups is 1. The van der Waals surface area contributed by atoms with Crippen LogP contribution in [-0.4, -0.2) is 58.1 Å². The molecule has 9 nitrogen and oxygen atoms in total. The number of nitrogens with zero attached hydrogens (tertiary/aromatic N) is 3. The normalized spacial score (nSPS) is 16.2. The molecular formula is C21H24ClFN4O5S. The van der Waals surface area contributed by atoms with Crippen molar-refractivity contribution in [1.82, 2.24) is 20.4 Å². The highest BCUT2D eigenvalue weighted by Gasteiger charge is 2.33. The van der Waals surface area contributed by atoms with Gasteiger partial charge in [0, 0.05) is 6.07 Å². The van der Waals surface area contributed by atoms with Crippen molar-refractivity contribution in [3.63, 3.8) is 0 Å². The highest BCUT2D eigenvalue weighted by Crippen LogP contribution is 2.28. The predicted molar refractivity (Wildman–Crippen MR) is 120 cm³/mol. The third-order valence-corrected chi connectivity index (χ3v) is 5.15. The third-order valence-electron chi connectivity index (χ3n) is 4.33. The van der Waals surface area contributed by atoms with Gasteiger partial charge in [0.25, 0.3) is 17.0 Å². The molecule has 0 saturated carbocycles. The van der Waals surface area contributed by atoms with Gasteiger partial charge in [-0.05, 0) is 45.6 Å². The number of carbonyl (C=O) groups excluding carboxylic acids is 2. The van der Waals surface area contributed by atoms with Crippen LogP contribution < -0.4 is 10.1 Å². The van der Waals surface area contributed by atoms with Crippen LogP contribution >= 0.6 is 23.4 Å². The van der Waals surface area contributed by atoms with Crippen LogP contribution in [0.1, 0.15) is 33.1 Å². The molecule has 2 amide bonds. The largest absolute Gasteiger partial charge is 0.484 e. The minimum atomic E-state index is -0.723. The number of rotatable bonds is 6. The van der Waals surface area contributed by atoms with Gasteiger partial charge in [-0.1, -0.05) is 29.4 Å². The van der Waals surface area contributed by atoms with Crippen molar-refractivity contribution in [1.29, 1.82) is 0 Å². The second-order valence-electron chi connectivity index (χ2n) is 8.12. The maximum Gasteiger partial charge on any atom is 0.415 e. The van der Waals surface area contributed by atoms with E-state index in [9.17, 15) is 14.0 Å². The molecule has 0 radical (unpaired) electrons. The van der Waals surface area contributed by atoms with Crippen molar-refractivity contribution in [2.75, 3.05) is 19.4 Å². The fraction of sp³-hybridized carbons (Fsp3) is 0.429. The fourth-order valence-electron chi connectivity index (χ4n) is 2.94. The second kappa shape index (κ2) is 10.4. The van der Waals surface area contributed by atoms with Gasteiger partial charge in [0.2, 0.25) is 0 Å². The van der Waals surface area contributed by atoms with E-state index in [1.165, 1.54) is 28.8 Å². The minimum absolute atomic E-state index is 0.0373. The zero-order valence-electron chi connectivity index (χ0n) is 18.6. The molecule has 178 valence electrons. The summed E-state index contributed by atoms with van der Waals surface area (Å²) in [4.78, 5) is 26.6. The molecule has 1 N–H and O–H groups in total. The van der Waals surface area contributed by atoms with E-state index in [0.717, 1.165) is 6.07 Å². The number of amides is 2. The molecule has 0 bridgehead atoms. The minimum Gasteiger partial charge on any atom is -0.484 e. The fourth-order valence-corrected chi connectivity index (χ4v) is 3.34. The van der Waals surface area contributed by atoms with Crippen molar-refractivity contribution in [2.24, 2.45) is 0 Å². The summed E-state index contributed by atoms with van der Waals surface area (Å²) in [5.41, 5.74) is -0.310. The molecular weight excluding hydrogens is 475 g/mol. The molecule has 0 aliphatic carbocycles. The average Bonchev–Trinajstić information content (AvgIpc) is 3.22. The van der Waals surface area contributed by atoms with Crippen LogP contribution in [0.2, 0.25) is 5.02 Å². The van der Waals surface area contributed by atoms with Gasteiger partial charge in [-0.3, -0.25) is 9.69 Å². The summed E-state index contributed by atoms with van der Waals surface area (Å²) in [5.74, 6) is -0.714. The number of halogens is 2. The first kappa shape index (κ1) is 24.8. The van der Waals surface area contributed by atoms with E-state index in [1.54, 1.807) is 33.1 Å². The number of carbonyl (C=O) groups is 2. The Morgan fingerprint density at radius 2 is 2.12 bits per heavy atom. The first-order valence-electron chi connectivity index (χ1n) is 10.0. The number of benzene rings is 1. The van der Waals surface area contributed by atoms with Crippen molar-refractivity contribution < 1.29 is 27.9 Å². The lowest BCUT2D eigenvalue weighted by molar-refractivity contribution is -0.123. The molecule has 33 heavy (non-hydrogen) atoms. The van der Waals surface area contributed by atoms with Gasteiger partial charge in [-0.15, -0.1) is 10.2 Å². The Hall–Kier alpha value is -2.79. The summed E-state index contributed by atoms with van der Waals surface area (Å²) < 4.78 is 29.9. The van der Waals surface area contributed by atoms with Gasteiger partial charge in [-0.2, -0.15) is 0 Å². The summed E-state index contributed by atoms with van der Waals surface area (Å²) in [6, 6.07) is 3.49. The maximum absolute atomic E-state index is 13.5. The lowest BCUT2D eigenvalue weighted by Gasteiger charge is -2.33. The van der Waals surface area contributed by atoms with Crippen LogP contribution in [-0.2, 0) is 9.53 Å². The Bertz CT molecular complexity index is 1060. The number of aromatic nitrogens is 2. The number of nitrogens with one attached hydrogen (secondary N) is 1. The van der Waals surface area contributed by atoms with Gasteiger partial charge in [0.15, 0.2) is 6.61 Å². The summed E-state index contributed by atoms with van der Waals surface area (Å²) in [7, 11) is 0.